The van der Waals surface area contributed by atoms with Crippen molar-refractivity contribution in [3.05, 3.63) is 23.0 Å². The Morgan fingerprint density at radius 3 is 2.74 bits per heavy atom. The summed E-state index contributed by atoms with van der Waals surface area (Å²) in [6.07, 6.45) is 8.83. The van der Waals surface area contributed by atoms with E-state index in [0.717, 1.165) is 30.5 Å². The lowest BCUT2D eigenvalue weighted by molar-refractivity contribution is 0.0909. The predicted molar refractivity (Wildman–Crippen MR) is 78.4 cm³/mol. The Morgan fingerprint density at radius 1 is 1.47 bits per heavy atom. The van der Waals surface area contributed by atoms with E-state index in [4.69, 9.17) is 6.42 Å². The molecule has 0 N–H and O–H groups in total. The average molecular weight is 257 g/mol. The Bertz CT molecular complexity index is 542. The van der Waals surface area contributed by atoms with Crippen LogP contribution in [-0.2, 0) is 6.42 Å². The Hall–Kier alpha value is -1.49. The smallest absolute Gasteiger partial charge is 0.165 e. The maximum Gasteiger partial charge on any atom is 0.165 e. The molecule has 1 atom stereocenters. The predicted octanol–water partition coefficient (Wildman–Crippen LogP) is 3.93. The molecule has 0 radical (unpaired) electrons. The van der Waals surface area contributed by atoms with Gasteiger partial charge in [0, 0.05) is 35.8 Å². The van der Waals surface area contributed by atoms with Crippen molar-refractivity contribution in [1.82, 2.24) is 4.57 Å². The van der Waals surface area contributed by atoms with Crippen molar-refractivity contribution in [2.24, 2.45) is 5.41 Å². The van der Waals surface area contributed by atoms with Gasteiger partial charge in [0.05, 0.1) is 0 Å². The number of aromatic nitrogens is 1. The van der Waals surface area contributed by atoms with Gasteiger partial charge in [-0.15, -0.1) is 12.3 Å². The fourth-order valence-corrected chi connectivity index (χ4v) is 3.23. The molecule has 1 aromatic rings. The molecule has 1 unspecified atom stereocenters. The molecule has 19 heavy (non-hydrogen) atoms. The fourth-order valence-electron chi connectivity index (χ4n) is 3.23. The molecule has 0 amide bonds. The normalized spacial score (nSPS) is 18.8. The topological polar surface area (TPSA) is 22.0 Å². The summed E-state index contributed by atoms with van der Waals surface area (Å²) >= 11 is 0. The SMILES string of the molecule is C#CCC(CC)n1c(C)cc2c1CC(C)(C)CC2=O. The summed E-state index contributed by atoms with van der Waals surface area (Å²) in [4.78, 5) is 12.3. The van der Waals surface area contributed by atoms with Crippen LogP contribution in [0.2, 0.25) is 0 Å². The van der Waals surface area contributed by atoms with Crippen LogP contribution < -0.4 is 0 Å². The van der Waals surface area contributed by atoms with Crippen LogP contribution in [0.25, 0.3) is 0 Å². The van der Waals surface area contributed by atoms with Gasteiger partial charge in [0.1, 0.15) is 0 Å². The Kier molecular flexibility index (Phi) is 3.58. The zero-order valence-electron chi connectivity index (χ0n) is 12.4. The molecular formula is C17H23NO. The zero-order valence-corrected chi connectivity index (χ0v) is 12.4. The molecule has 0 fully saturated rings. The molecule has 0 aliphatic heterocycles. The van der Waals surface area contributed by atoms with E-state index < -0.39 is 0 Å². The van der Waals surface area contributed by atoms with E-state index in [1.807, 2.05) is 6.07 Å². The zero-order chi connectivity index (χ0) is 14.2. The van der Waals surface area contributed by atoms with Crippen molar-refractivity contribution in [3.8, 4) is 12.3 Å². The van der Waals surface area contributed by atoms with E-state index in [2.05, 4.69) is 38.2 Å². The monoisotopic (exact) mass is 257 g/mol. The maximum absolute atomic E-state index is 12.3. The third kappa shape index (κ3) is 2.47. The van der Waals surface area contributed by atoms with Crippen molar-refractivity contribution < 1.29 is 4.79 Å². The highest BCUT2D eigenvalue weighted by Gasteiger charge is 2.34. The Balaban J connectivity index is 2.53. The van der Waals surface area contributed by atoms with Gasteiger partial charge in [0.15, 0.2) is 5.78 Å². The second kappa shape index (κ2) is 4.89. The molecule has 1 aromatic heterocycles. The molecule has 102 valence electrons. The van der Waals surface area contributed by atoms with Gasteiger partial charge in [-0.05, 0) is 31.2 Å². The Morgan fingerprint density at radius 2 is 2.16 bits per heavy atom. The molecule has 0 spiro atoms. The largest absolute Gasteiger partial charge is 0.344 e. The first-order valence-electron chi connectivity index (χ1n) is 7.07. The highest BCUT2D eigenvalue weighted by Crippen LogP contribution is 2.38. The number of aryl methyl sites for hydroxylation is 1. The first kappa shape index (κ1) is 13.9. The van der Waals surface area contributed by atoms with E-state index in [9.17, 15) is 4.79 Å². The van der Waals surface area contributed by atoms with Gasteiger partial charge < -0.3 is 4.57 Å². The summed E-state index contributed by atoms with van der Waals surface area (Å²) < 4.78 is 2.31. The lowest BCUT2D eigenvalue weighted by Gasteiger charge is -2.31. The number of fused-ring (bicyclic) bond motifs is 1. The molecule has 2 heteroatoms. The number of terminal acetylenes is 1. The lowest BCUT2D eigenvalue weighted by Crippen LogP contribution is -2.29. The van der Waals surface area contributed by atoms with Crippen molar-refractivity contribution in [1.29, 1.82) is 0 Å². The van der Waals surface area contributed by atoms with Crippen LogP contribution in [0.1, 0.15) is 67.8 Å². The van der Waals surface area contributed by atoms with E-state index in [-0.39, 0.29) is 11.2 Å². The van der Waals surface area contributed by atoms with Crippen molar-refractivity contribution in [2.45, 2.75) is 59.4 Å². The maximum atomic E-state index is 12.3. The molecule has 1 aliphatic rings. The summed E-state index contributed by atoms with van der Waals surface area (Å²) in [6, 6.07) is 2.36. The third-order valence-corrected chi connectivity index (χ3v) is 4.11. The summed E-state index contributed by atoms with van der Waals surface area (Å²) in [5.74, 6) is 3.05. The van der Waals surface area contributed by atoms with Crippen LogP contribution in [0.3, 0.4) is 0 Å². The van der Waals surface area contributed by atoms with Crippen LogP contribution in [0.5, 0.6) is 0 Å². The summed E-state index contributed by atoms with van der Waals surface area (Å²) in [5.41, 5.74) is 3.34. The quantitative estimate of drug-likeness (QED) is 0.752. The molecule has 0 saturated carbocycles. The fraction of sp³-hybridized carbons (Fsp3) is 0.588. The van der Waals surface area contributed by atoms with Crippen LogP contribution in [0, 0.1) is 24.7 Å². The van der Waals surface area contributed by atoms with E-state index in [1.165, 1.54) is 5.69 Å². The molecule has 2 rings (SSSR count). The second-order valence-electron chi connectivity index (χ2n) is 6.43. The van der Waals surface area contributed by atoms with Crippen LogP contribution >= 0.6 is 0 Å². The first-order chi connectivity index (χ1) is 8.89. The van der Waals surface area contributed by atoms with Gasteiger partial charge >= 0.3 is 0 Å². The van der Waals surface area contributed by atoms with Crippen molar-refractivity contribution >= 4 is 5.78 Å². The molecule has 1 heterocycles. The lowest BCUT2D eigenvalue weighted by atomic mass is 9.76. The van der Waals surface area contributed by atoms with Crippen LogP contribution in [0.15, 0.2) is 6.07 Å². The molecule has 1 aliphatic carbocycles. The van der Waals surface area contributed by atoms with Gasteiger partial charge in [-0.1, -0.05) is 20.8 Å². The van der Waals surface area contributed by atoms with Crippen LogP contribution in [-0.4, -0.2) is 10.4 Å². The van der Waals surface area contributed by atoms with Gasteiger partial charge in [-0.2, -0.15) is 0 Å². The number of hydrogen-bond acceptors (Lipinski definition) is 1. The minimum absolute atomic E-state index is 0.0566. The summed E-state index contributed by atoms with van der Waals surface area (Å²) in [5, 5.41) is 0. The highest BCUT2D eigenvalue weighted by atomic mass is 16.1. The van der Waals surface area contributed by atoms with E-state index in [0.29, 0.717) is 12.5 Å². The minimum Gasteiger partial charge on any atom is -0.344 e. The average Bonchev–Trinajstić information content (AvgIpc) is 2.62. The number of rotatable bonds is 3. The molecule has 0 aromatic carbocycles. The number of hydrogen-bond donors (Lipinski definition) is 0. The highest BCUT2D eigenvalue weighted by molar-refractivity contribution is 5.99. The molecule has 0 saturated heterocycles. The third-order valence-electron chi connectivity index (χ3n) is 4.11. The number of nitrogens with zero attached hydrogens (tertiary/aromatic N) is 1. The van der Waals surface area contributed by atoms with Gasteiger partial charge in [0.25, 0.3) is 0 Å². The van der Waals surface area contributed by atoms with Gasteiger partial charge in [-0.25, -0.2) is 0 Å². The first-order valence-corrected chi connectivity index (χ1v) is 7.07. The minimum atomic E-state index is 0.0566. The standard InChI is InChI=1S/C17H23NO/c1-6-8-13(7-2)18-12(3)9-14-15(18)10-17(4,5)11-16(14)19/h1,9,13H,7-8,10-11H2,2-5H3. The summed E-state index contributed by atoms with van der Waals surface area (Å²) in [7, 11) is 0. The van der Waals surface area contributed by atoms with Gasteiger partial charge in [-0.3, -0.25) is 4.79 Å². The van der Waals surface area contributed by atoms with Gasteiger partial charge in [0.2, 0.25) is 0 Å². The van der Waals surface area contributed by atoms with E-state index in [1.54, 1.807) is 0 Å². The summed E-state index contributed by atoms with van der Waals surface area (Å²) in [6.45, 7) is 8.58. The molecule has 2 nitrogen and oxygen atoms in total. The second-order valence-corrected chi connectivity index (χ2v) is 6.43. The number of carbonyl (C=O) groups is 1. The van der Waals surface area contributed by atoms with Crippen molar-refractivity contribution in [2.75, 3.05) is 0 Å². The Labute approximate surface area is 116 Å². The van der Waals surface area contributed by atoms with Crippen molar-refractivity contribution in [3.63, 3.8) is 0 Å². The van der Waals surface area contributed by atoms with Crippen LogP contribution in [0.4, 0.5) is 0 Å². The number of ketones is 1. The van der Waals surface area contributed by atoms with E-state index >= 15 is 0 Å². The molecule has 0 bridgehead atoms. The number of Topliss-reactive ketones (excluding diaryl/α,β-unsaturated/α-hetero) is 1. The number of carbonyl (C=O) groups excluding carboxylic acids is 1. The molecular weight excluding hydrogens is 234 g/mol.